The summed E-state index contributed by atoms with van der Waals surface area (Å²) >= 11 is 0. The Labute approximate surface area is 154 Å². The zero-order valence-electron chi connectivity index (χ0n) is 14.7. The fraction of sp³-hybridized carbons (Fsp3) is 0.263. The van der Waals surface area contributed by atoms with Gasteiger partial charge in [0, 0.05) is 11.3 Å². The van der Waals surface area contributed by atoms with E-state index in [1.807, 2.05) is 0 Å². The molecule has 2 rings (SSSR count). The zero-order valence-corrected chi connectivity index (χ0v) is 14.7. The molecule has 2 aromatic rings. The topological polar surface area (TPSA) is 64.6 Å². The van der Waals surface area contributed by atoms with Crippen molar-refractivity contribution in [3.8, 4) is 11.5 Å². The molecule has 0 aromatic heterocycles. The third kappa shape index (κ3) is 5.47. The highest BCUT2D eigenvalue weighted by atomic mass is 19.4. The van der Waals surface area contributed by atoms with Gasteiger partial charge in [-0.25, -0.2) is 0 Å². The van der Waals surface area contributed by atoms with Gasteiger partial charge in [0.1, 0.15) is 6.29 Å². The number of amides is 1. The lowest BCUT2D eigenvalue weighted by Gasteiger charge is -2.17. The van der Waals surface area contributed by atoms with Crippen LogP contribution in [-0.4, -0.2) is 24.9 Å². The molecule has 144 valence electrons. The minimum atomic E-state index is -4.44. The molecule has 0 spiro atoms. The van der Waals surface area contributed by atoms with E-state index in [-0.39, 0.29) is 11.4 Å². The van der Waals surface area contributed by atoms with Gasteiger partial charge in [0.2, 0.25) is 0 Å². The fourth-order valence-electron chi connectivity index (χ4n) is 2.19. The summed E-state index contributed by atoms with van der Waals surface area (Å²) in [5, 5.41) is 2.49. The van der Waals surface area contributed by atoms with E-state index in [0.29, 0.717) is 24.2 Å². The Morgan fingerprint density at radius 2 is 1.81 bits per heavy atom. The minimum absolute atomic E-state index is 0.213. The minimum Gasteiger partial charge on any atom is -0.490 e. The lowest BCUT2D eigenvalue weighted by Crippen LogP contribution is -2.30. The number of carbonyl (C=O) groups is 2. The van der Waals surface area contributed by atoms with Gasteiger partial charge in [-0.3, -0.25) is 9.59 Å². The van der Waals surface area contributed by atoms with Crippen LogP contribution in [0.2, 0.25) is 0 Å². The van der Waals surface area contributed by atoms with Crippen LogP contribution in [0.1, 0.15) is 29.8 Å². The quantitative estimate of drug-likeness (QED) is 0.726. The number of alkyl halides is 3. The fourth-order valence-corrected chi connectivity index (χ4v) is 2.19. The molecule has 1 atom stereocenters. The van der Waals surface area contributed by atoms with Gasteiger partial charge in [0.05, 0.1) is 12.2 Å². The largest absolute Gasteiger partial charge is 0.490 e. The maximum Gasteiger partial charge on any atom is 0.416 e. The van der Waals surface area contributed by atoms with Gasteiger partial charge < -0.3 is 14.8 Å². The molecular weight excluding hydrogens is 363 g/mol. The second kappa shape index (κ2) is 8.57. The number of halogens is 3. The van der Waals surface area contributed by atoms with Gasteiger partial charge in [-0.2, -0.15) is 13.2 Å². The summed E-state index contributed by atoms with van der Waals surface area (Å²) in [5.41, 5.74) is -0.195. The average Bonchev–Trinajstić information content (AvgIpc) is 2.63. The number of benzene rings is 2. The summed E-state index contributed by atoms with van der Waals surface area (Å²) in [6, 6.07) is 8.61. The highest BCUT2D eigenvalue weighted by molar-refractivity contribution is 5.94. The van der Waals surface area contributed by atoms with Crippen molar-refractivity contribution in [3.63, 3.8) is 0 Å². The number of rotatable bonds is 7. The van der Waals surface area contributed by atoms with Crippen LogP contribution in [0, 0.1) is 0 Å². The third-order valence-corrected chi connectivity index (χ3v) is 3.56. The smallest absolute Gasteiger partial charge is 0.416 e. The van der Waals surface area contributed by atoms with Crippen LogP contribution >= 0.6 is 0 Å². The van der Waals surface area contributed by atoms with Gasteiger partial charge >= 0.3 is 6.18 Å². The molecule has 5 nitrogen and oxygen atoms in total. The number of hydrogen-bond acceptors (Lipinski definition) is 4. The van der Waals surface area contributed by atoms with Crippen molar-refractivity contribution in [3.05, 3.63) is 53.6 Å². The molecule has 0 unspecified atom stereocenters. The van der Waals surface area contributed by atoms with Gasteiger partial charge in [-0.15, -0.1) is 0 Å². The van der Waals surface area contributed by atoms with Crippen molar-refractivity contribution >= 4 is 17.9 Å². The normalized spacial score (nSPS) is 12.2. The van der Waals surface area contributed by atoms with Crippen LogP contribution in [0.3, 0.4) is 0 Å². The Hall–Kier alpha value is -3.03. The summed E-state index contributed by atoms with van der Waals surface area (Å²) in [6.07, 6.45) is -4.73. The van der Waals surface area contributed by atoms with Gasteiger partial charge in [0.15, 0.2) is 17.6 Å². The number of carbonyl (C=O) groups excluding carboxylic acids is 2. The Bertz CT molecular complexity index is 804. The number of nitrogens with one attached hydrogen (secondary N) is 1. The maximum atomic E-state index is 12.6. The Morgan fingerprint density at radius 1 is 1.15 bits per heavy atom. The van der Waals surface area contributed by atoms with Gasteiger partial charge in [-0.05, 0) is 56.3 Å². The Kier molecular flexibility index (Phi) is 6.44. The molecule has 0 aliphatic heterocycles. The second-order valence-corrected chi connectivity index (χ2v) is 5.58. The predicted octanol–water partition coefficient (Wildman–Crippen LogP) is 4.32. The Morgan fingerprint density at radius 3 is 2.37 bits per heavy atom. The molecule has 8 heteroatoms. The van der Waals surface area contributed by atoms with Crippen molar-refractivity contribution in [1.29, 1.82) is 0 Å². The number of aldehydes is 1. The summed E-state index contributed by atoms with van der Waals surface area (Å²) in [6.45, 7) is 3.59. The molecule has 2 aromatic carbocycles. The van der Waals surface area contributed by atoms with Crippen molar-refractivity contribution in [2.24, 2.45) is 0 Å². The molecule has 1 amide bonds. The predicted molar refractivity (Wildman–Crippen MR) is 93.2 cm³/mol. The summed E-state index contributed by atoms with van der Waals surface area (Å²) < 4.78 is 48.7. The molecule has 0 heterocycles. The Balaban J connectivity index is 2.06. The first kappa shape index (κ1) is 20.3. The first-order chi connectivity index (χ1) is 12.7. The maximum absolute atomic E-state index is 12.6. The summed E-state index contributed by atoms with van der Waals surface area (Å²) in [7, 11) is 0. The van der Waals surface area contributed by atoms with Crippen LogP contribution in [-0.2, 0) is 11.0 Å². The molecule has 0 saturated carbocycles. The SMILES string of the molecule is CCOc1cc(C=O)ccc1O[C@H](C)C(=O)Nc1ccc(C(F)(F)F)cc1. The van der Waals surface area contributed by atoms with Crippen molar-refractivity contribution in [1.82, 2.24) is 0 Å². The van der Waals surface area contributed by atoms with E-state index >= 15 is 0 Å². The van der Waals surface area contributed by atoms with Crippen LogP contribution in [0.5, 0.6) is 11.5 Å². The van der Waals surface area contributed by atoms with Crippen LogP contribution in [0.25, 0.3) is 0 Å². The second-order valence-electron chi connectivity index (χ2n) is 5.58. The number of ether oxygens (including phenoxy) is 2. The zero-order chi connectivity index (χ0) is 20.0. The molecule has 1 N–H and O–H groups in total. The molecule has 27 heavy (non-hydrogen) atoms. The number of anilines is 1. The van der Waals surface area contributed by atoms with E-state index in [0.717, 1.165) is 24.3 Å². The highest BCUT2D eigenvalue weighted by Crippen LogP contribution is 2.31. The van der Waals surface area contributed by atoms with Gasteiger partial charge in [0.25, 0.3) is 5.91 Å². The van der Waals surface area contributed by atoms with E-state index < -0.39 is 23.8 Å². The van der Waals surface area contributed by atoms with Crippen LogP contribution < -0.4 is 14.8 Å². The highest BCUT2D eigenvalue weighted by Gasteiger charge is 2.30. The molecule has 0 fully saturated rings. The molecular formula is C19H18F3NO4. The molecule has 0 saturated heterocycles. The van der Waals surface area contributed by atoms with Crippen molar-refractivity contribution < 1.29 is 32.2 Å². The monoisotopic (exact) mass is 381 g/mol. The molecule has 0 aliphatic carbocycles. The van der Waals surface area contributed by atoms with Crippen LogP contribution in [0.15, 0.2) is 42.5 Å². The van der Waals surface area contributed by atoms with Gasteiger partial charge in [-0.1, -0.05) is 0 Å². The number of hydrogen-bond donors (Lipinski definition) is 1. The summed E-state index contributed by atoms with van der Waals surface area (Å²) in [4.78, 5) is 23.1. The average molecular weight is 381 g/mol. The third-order valence-electron chi connectivity index (χ3n) is 3.56. The van der Waals surface area contributed by atoms with E-state index in [9.17, 15) is 22.8 Å². The molecule has 0 bridgehead atoms. The lowest BCUT2D eigenvalue weighted by atomic mass is 10.2. The molecule has 0 aliphatic rings. The van der Waals surface area contributed by atoms with E-state index in [1.165, 1.54) is 25.1 Å². The van der Waals surface area contributed by atoms with Crippen molar-refractivity contribution in [2.45, 2.75) is 26.1 Å². The summed E-state index contributed by atoms with van der Waals surface area (Å²) in [5.74, 6) is 0.0467. The lowest BCUT2D eigenvalue weighted by molar-refractivity contribution is -0.137. The first-order valence-electron chi connectivity index (χ1n) is 8.11. The van der Waals surface area contributed by atoms with E-state index in [2.05, 4.69) is 5.32 Å². The molecule has 0 radical (unpaired) electrons. The first-order valence-corrected chi connectivity index (χ1v) is 8.11. The van der Waals surface area contributed by atoms with Crippen molar-refractivity contribution in [2.75, 3.05) is 11.9 Å². The van der Waals surface area contributed by atoms with E-state index in [1.54, 1.807) is 6.92 Å². The standard InChI is InChI=1S/C19H18F3NO4/c1-3-26-17-10-13(11-24)4-9-16(17)27-12(2)18(25)23-15-7-5-14(6-8-15)19(20,21)22/h4-12H,3H2,1-2H3,(H,23,25)/t12-/m1/s1. The van der Waals surface area contributed by atoms with E-state index in [4.69, 9.17) is 9.47 Å². The van der Waals surface area contributed by atoms with Crippen LogP contribution in [0.4, 0.5) is 18.9 Å².